The number of nitriles is 1. The summed E-state index contributed by atoms with van der Waals surface area (Å²) in [5.41, 5.74) is 2.04. The van der Waals surface area contributed by atoms with Crippen molar-refractivity contribution in [3.63, 3.8) is 0 Å². The first-order valence-corrected chi connectivity index (χ1v) is 10.4. The zero-order valence-electron chi connectivity index (χ0n) is 18.0. The van der Waals surface area contributed by atoms with Gasteiger partial charge in [0.1, 0.15) is 11.5 Å². The zero-order chi connectivity index (χ0) is 23.2. The van der Waals surface area contributed by atoms with Gasteiger partial charge in [0.05, 0.1) is 23.6 Å². The van der Waals surface area contributed by atoms with Crippen molar-refractivity contribution in [3.05, 3.63) is 84.1 Å². The van der Waals surface area contributed by atoms with Gasteiger partial charge in [-0.2, -0.15) is 5.26 Å². The second-order valence-corrected chi connectivity index (χ2v) is 7.35. The minimum atomic E-state index is -0.639. The highest BCUT2D eigenvalue weighted by atomic mass is 16.5. The van der Waals surface area contributed by atoms with Crippen LogP contribution in [0.3, 0.4) is 0 Å². The lowest BCUT2D eigenvalue weighted by atomic mass is 10.1. The van der Waals surface area contributed by atoms with Crippen molar-refractivity contribution in [2.75, 3.05) is 18.1 Å². The van der Waals surface area contributed by atoms with E-state index in [0.29, 0.717) is 33.6 Å². The molecule has 0 aliphatic rings. The third-order valence-electron chi connectivity index (χ3n) is 5.07. The molecule has 4 aromatic rings. The summed E-state index contributed by atoms with van der Waals surface area (Å²) in [5.74, 6) is 0.216. The summed E-state index contributed by atoms with van der Waals surface area (Å²) in [7, 11) is 0. The molecule has 1 amide bonds. The van der Waals surface area contributed by atoms with E-state index in [1.54, 1.807) is 48.5 Å². The van der Waals surface area contributed by atoms with E-state index in [1.807, 2.05) is 37.3 Å². The predicted molar refractivity (Wildman–Crippen MR) is 123 cm³/mol. The first-order chi connectivity index (χ1) is 16.1. The number of amides is 1. The number of aryl methyl sites for hydroxylation is 1. The fourth-order valence-electron chi connectivity index (χ4n) is 3.49. The summed E-state index contributed by atoms with van der Waals surface area (Å²) in [6.07, 6.45) is 0.162. The van der Waals surface area contributed by atoms with Crippen LogP contribution in [0.4, 0.5) is 5.69 Å². The Labute approximate surface area is 190 Å². The Bertz CT molecular complexity index is 1340. The van der Waals surface area contributed by atoms with Crippen LogP contribution in [-0.4, -0.2) is 30.0 Å². The summed E-state index contributed by atoms with van der Waals surface area (Å²) in [6, 6.07) is 23.5. The van der Waals surface area contributed by atoms with E-state index >= 15 is 0 Å². The Hall–Kier alpha value is -4.44. The molecule has 2 aromatic carbocycles. The van der Waals surface area contributed by atoms with Gasteiger partial charge in [0.25, 0.3) is 5.91 Å². The number of ether oxygens (including phenoxy) is 1. The molecule has 0 spiro atoms. The molecule has 2 aromatic heterocycles. The van der Waals surface area contributed by atoms with Gasteiger partial charge in [0.2, 0.25) is 0 Å². The monoisotopic (exact) mass is 439 g/mol. The number of carbonyl (C=O) groups is 2. The highest BCUT2D eigenvalue weighted by molar-refractivity contribution is 6.05. The highest BCUT2D eigenvalue weighted by Gasteiger charge is 2.20. The lowest BCUT2D eigenvalue weighted by Gasteiger charge is -2.21. The second kappa shape index (κ2) is 9.79. The number of nitrogens with zero attached hydrogens (tertiary/aromatic N) is 3. The topological polar surface area (TPSA) is 96.4 Å². The molecule has 0 aliphatic heterocycles. The van der Waals surface area contributed by atoms with Gasteiger partial charge >= 0.3 is 5.97 Å². The van der Waals surface area contributed by atoms with Crippen LogP contribution in [0.5, 0.6) is 0 Å². The van der Waals surface area contributed by atoms with Crippen LogP contribution in [0.15, 0.2) is 77.2 Å². The Morgan fingerprint density at radius 3 is 2.55 bits per heavy atom. The van der Waals surface area contributed by atoms with E-state index < -0.39 is 18.5 Å². The molecule has 0 fully saturated rings. The maximum atomic E-state index is 13.0. The number of pyridine rings is 1. The Balaban J connectivity index is 1.58. The number of fused-ring (bicyclic) bond motifs is 1. The number of anilines is 1. The summed E-state index contributed by atoms with van der Waals surface area (Å²) in [5, 5.41) is 9.56. The maximum Gasteiger partial charge on any atom is 0.339 e. The number of rotatable bonds is 7. The van der Waals surface area contributed by atoms with Crippen molar-refractivity contribution in [2.24, 2.45) is 0 Å². The molecule has 0 N–H and O–H groups in total. The molecule has 0 saturated heterocycles. The van der Waals surface area contributed by atoms with E-state index in [9.17, 15) is 9.59 Å². The van der Waals surface area contributed by atoms with Crippen LogP contribution in [0.25, 0.3) is 22.4 Å². The van der Waals surface area contributed by atoms with E-state index in [2.05, 4.69) is 4.98 Å². The van der Waals surface area contributed by atoms with Crippen LogP contribution in [0.1, 0.15) is 22.5 Å². The van der Waals surface area contributed by atoms with Gasteiger partial charge in [-0.3, -0.25) is 4.79 Å². The molecule has 2 heterocycles. The second-order valence-electron chi connectivity index (χ2n) is 7.35. The Morgan fingerprint density at radius 1 is 1.06 bits per heavy atom. The smallest absolute Gasteiger partial charge is 0.339 e. The first kappa shape index (κ1) is 21.8. The van der Waals surface area contributed by atoms with Gasteiger partial charge in [-0.1, -0.05) is 36.4 Å². The number of para-hydroxylation sites is 2. The predicted octanol–water partition coefficient (Wildman–Crippen LogP) is 4.91. The number of esters is 1. The molecule has 7 heteroatoms. The standard InChI is InChI=1S/C26H21N3O4/c1-18-12-13-24(33-18)23-16-21(20-10-5-6-11-22(20)28-23)26(31)32-17-25(30)29(15-7-14-27)19-8-3-2-4-9-19/h2-6,8-13,16H,7,15,17H2,1H3. The first-order valence-electron chi connectivity index (χ1n) is 10.4. The van der Waals surface area contributed by atoms with Gasteiger partial charge in [0, 0.05) is 17.6 Å². The lowest BCUT2D eigenvalue weighted by Crippen LogP contribution is -2.35. The number of carbonyl (C=O) groups excluding carboxylic acids is 2. The summed E-state index contributed by atoms with van der Waals surface area (Å²) in [6.45, 7) is 1.58. The van der Waals surface area contributed by atoms with Gasteiger partial charge in [-0.25, -0.2) is 9.78 Å². The van der Waals surface area contributed by atoms with Gasteiger partial charge in [-0.05, 0) is 43.3 Å². The lowest BCUT2D eigenvalue weighted by molar-refractivity contribution is -0.121. The van der Waals surface area contributed by atoms with Crippen LogP contribution < -0.4 is 4.90 Å². The molecule has 0 radical (unpaired) electrons. The van der Waals surface area contributed by atoms with E-state index in [-0.39, 0.29) is 13.0 Å². The molecule has 164 valence electrons. The Kier molecular flexibility index (Phi) is 6.46. The number of aromatic nitrogens is 1. The molecular formula is C26H21N3O4. The average molecular weight is 439 g/mol. The third kappa shape index (κ3) is 4.91. The molecule has 4 rings (SSSR count). The average Bonchev–Trinajstić information content (AvgIpc) is 3.29. The fourth-order valence-corrected chi connectivity index (χ4v) is 3.49. The molecule has 0 atom stereocenters. The van der Waals surface area contributed by atoms with Gasteiger partial charge in [0.15, 0.2) is 12.4 Å². The van der Waals surface area contributed by atoms with Crippen LogP contribution in [0.2, 0.25) is 0 Å². The largest absolute Gasteiger partial charge is 0.460 e. The van der Waals surface area contributed by atoms with Crippen molar-refractivity contribution in [2.45, 2.75) is 13.3 Å². The maximum absolute atomic E-state index is 13.0. The van der Waals surface area contributed by atoms with Crippen LogP contribution in [0, 0.1) is 18.3 Å². The molecule has 0 bridgehead atoms. The quantitative estimate of drug-likeness (QED) is 0.380. The number of hydrogen-bond acceptors (Lipinski definition) is 6. The van der Waals surface area contributed by atoms with Gasteiger partial charge in [-0.15, -0.1) is 0 Å². The summed E-state index contributed by atoms with van der Waals surface area (Å²) in [4.78, 5) is 31.9. The van der Waals surface area contributed by atoms with Crippen molar-refractivity contribution < 1.29 is 18.7 Å². The molecule has 33 heavy (non-hydrogen) atoms. The third-order valence-corrected chi connectivity index (χ3v) is 5.07. The molecule has 0 aliphatic carbocycles. The van der Waals surface area contributed by atoms with Crippen molar-refractivity contribution in [1.82, 2.24) is 4.98 Å². The minimum absolute atomic E-state index is 0.162. The molecule has 0 saturated carbocycles. The number of benzene rings is 2. The van der Waals surface area contributed by atoms with Crippen molar-refractivity contribution in [1.29, 1.82) is 5.26 Å². The van der Waals surface area contributed by atoms with E-state index in [4.69, 9.17) is 14.4 Å². The van der Waals surface area contributed by atoms with Gasteiger partial charge < -0.3 is 14.1 Å². The summed E-state index contributed by atoms with van der Waals surface area (Å²) < 4.78 is 11.1. The SMILES string of the molecule is Cc1ccc(-c2cc(C(=O)OCC(=O)N(CCC#N)c3ccccc3)c3ccccc3n2)o1. The van der Waals surface area contributed by atoms with E-state index in [1.165, 1.54) is 4.90 Å². The highest BCUT2D eigenvalue weighted by Crippen LogP contribution is 2.27. The molecule has 0 unspecified atom stereocenters. The Morgan fingerprint density at radius 2 is 1.82 bits per heavy atom. The molecule has 7 nitrogen and oxygen atoms in total. The number of furan rings is 1. The van der Waals surface area contributed by atoms with Crippen molar-refractivity contribution in [3.8, 4) is 17.5 Å². The number of hydrogen-bond donors (Lipinski definition) is 0. The van der Waals surface area contributed by atoms with Crippen molar-refractivity contribution >= 4 is 28.5 Å². The minimum Gasteiger partial charge on any atom is -0.460 e. The molecular weight excluding hydrogens is 418 g/mol. The fraction of sp³-hybridized carbons (Fsp3) is 0.154. The zero-order valence-corrected chi connectivity index (χ0v) is 18.0. The van der Waals surface area contributed by atoms with Crippen LogP contribution >= 0.6 is 0 Å². The van der Waals surface area contributed by atoms with Crippen LogP contribution in [-0.2, 0) is 9.53 Å². The normalized spacial score (nSPS) is 10.5. The van der Waals surface area contributed by atoms with E-state index in [0.717, 1.165) is 5.76 Å². The summed E-state index contributed by atoms with van der Waals surface area (Å²) >= 11 is 0.